The first kappa shape index (κ1) is 17.9. The van der Waals surface area contributed by atoms with Crippen LogP contribution >= 0.6 is 27.3 Å². The van der Waals surface area contributed by atoms with Gasteiger partial charge in [-0.3, -0.25) is 4.79 Å². The van der Waals surface area contributed by atoms with E-state index < -0.39 is 15.9 Å². The Labute approximate surface area is 146 Å². The molecule has 0 fully saturated rings. The van der Waals surface area contributed by atoms with Crippen LogP contribution in [0.3, 0.4) is 0 Å². The van der Waals surface area contributed by atoms with E-state index in [4.69, 9.17) is 9.88 Å². The smallest absolute Gasteiger partial charge is 0.255 e. The van der Waals surface area contributed by atoms with Crippen molar-refractivity contribution in [3.05, 3.63) is 44.6 Å². The lowest BCUT2D eigenvalue weighted by Crippen LogP contribution is -2.26. The van der Waals surface area contributed by atoms with Gasteiger partial charge in [0.25, 0.3) is 5.91 Å². The van der Waals surface area contributed by atoms with Gasteiger partial charge >= 0.3 is 0 Å². The minimum absolute atomic E-state index is 0.131. The van der Waals surface area contributed by atoms with Crippen molar-refractivity contribution in [3.63, 3.8) is 0 Å². The number of ether oxygens (including phenoxy) is 1. The summed E-state index contributed by atoms with van der Waals surface area (Å²) in [5.74, 6) is -0.128. The second-order valence-electron chi connectivity index (χ2n) is 4.62. The van der Waals surface area contributed by atoms with E-state index in [9.17, 15) is 13.2 Å². The van der Waals surface area contributed by atoms with Crippen molar-refractivity contribution in [2.45, 2.75) is 11.3 Å². The maximum absolute atomic E-state index is 12.3. The second kappa shape index (κ2) is 7.43. The van der Waals surface area contributed by atoms with Crippen molar-refractivity contribution in [1.82, 2.24) is 5.32 Å². The molecule has 3 N–H and O–H groups in total. The predicted molar refractivity (Wildman–Crippen MR) is 92.4 cm³/mol. The van der Waals surface area contributed by atoms with Gasteiger partial charge in [0.15, 0.2) is 0 Å². The Morgan fingerprint density at radius 1 is 1.35 bits per heavy atom. The van der Waals surface area contributed by atoms with Crippen molar-refractivity contribution in [2.75, 3.05) is 13.7 Å². The third-order valence-corrected chi connectivity index (χ3v) is 5.62. The average molecular weight is 419 g/mol. The molecule has 23 heavy (non-hydrogen) atoms. The van der Waals surface area contributed by atoms with Crippen molar-refractivity contribution >= 4 is 43.2 Å². The van der Waals surface area contributed by atoms with E-state index in [0.29, 0.717) is 13.0 Å². The van der Waals surface area contributed by atoms with Gasteiger partial charge in [0.2, 0.25) is 10.0 Å². The second-order valence-corrected chi connectivity index (χ2v) is 8.73. The number of nitrogens with two attached hydrogens (primary N) is 1. The number of benzene rings is 1. The molecule has 0 unspecified atom stereocenters. The quantitative estimate of drug-likeness (QED) is 0.750. The Bertz CT molecular complexity index is 818. The van der Waals surface area contributed by atoms with E-state index in [1.54, 1.807) is 11.3 Å². The molecule has 0 saturated heterocycles. The van der Waals surface area contributed by atoms with Gasteiger partial charge in [-0.2, -0.15) is 0 Å². The van der Waals surface area contributed by atoms with Crippen molar-refractivity contribution < 1.29 is 17.9 Å². The van der Waals surface area contributed by atoms with Crippen LogP contribution in [0.2, 0.25) is 0 Å². The summed E-state index contributed by atoms with van der Waals surface area (Å²) in [5.41, 5.74) is 0.131. The molecule has 1 amide bonds. The number of nitrogens with one attached hydrogen (secondary N) is 1. The Kier molecular flexibility index (Phi) is 5.79. The van der Waals surface area contributed by atoms with E-state index in [1.807, 2.05) is 12.1 Å². The highest BCUT2D eigenvalue weighted by Gasteiger charge is 2.17. The zero-order valence-corrected chi connectivity index (χ0v) is 15.4. The van der Waals surface area contributed by atoms with Crippen molar-refractivity contribution in [2.24, 2.45) is 5.14 Å². The van der Waals surface area contributed by atoms with Crippen LogP contribution in [0.25, 0.3) is 0 Å². The number of carbonyl (C=O) groups is 1. The zero-order valence-electron chi connectivity index (χ0n) is 12.2. The third kappa shape index (κ3) is 4.77. The summed E-state index contributed by atoms with van der Waals surface area (Å²) in [5, 5.41) is 7.84. The Morgan fingerprint density at radius 2 is 2.09 bits per heavy atom. The molecule has 0 aliphatic carbocycles. The SMILES string of the molecule is COc1ccc(S(N)(=O)=O)cc1C(=O)NCCc1ccc(Br)s1. The predicted octanol–water partition coefficient (Wildman–Crippen LogP) is 2.14. The summed E-state index contributed by atoms with van der Waals surface area (Å²) in [6.07, 6.45) is 0.680. The first-order chi connectivity index (χ1) is 10.8. The van der Waals surface area contributed by atoms with Gasteiger partial charge in [-0.1, -0.05) is 0 Å². The molecule has 124 valence electrons. The molecular formula is C14H15BrN2O4S2. The molecule has 1 heterocycles. The maximum atomic E-state index is 12.3. The van der Waals surface area contributed by atoms with Crippen LogP contribution in [0.15, 0.2) is 39.0 Å². The van der Waals surface area contributed by atoms with Gasteiger partial charge < -0.3 is 10.1 Å². The molecule has 0 bridgehead atoms. The lowest BCUT2D eigenvalue weighted by atomic mass is 10.2. The zero-order chi connectivity index (χ0) is 17.0. The monoisotopic (exact) mass is 418 g/mol. The van der Waals surface area contributed by atoms with E-state index in [0.717, 1.165) is 8.66 Å². The molecule has 0 spiro atoms. The topological polar surface area (TPSA) is 98.5 Å². The molecule has 1 aromatic heterocycles. The maximum Gasteiger partial charge on any atom is 0.255 e. The Balaban J connectivity index is 2.11. The average Bonchev–Trinajstić information content (AvgIpc) is 2.91. The van der Waals surface area contributed by atoms with Crippen LogP contribution in [0, 0.1) is 0 Å². The number of halogens is 1. The van der Waals surface area contributed by atoms with Crippen LogP contribution in [0.4, 0.5) is 0 Å². The van der Waals surface area contributed by atoms with E-state index in [1.165, 1.54) is 25.3 Å². The van der Waals surface area contributed by atoms with E-state index >= 15 is 0 Å². The molecule has 2 rings (SSSR count). The first-order valence-corrected chi connectivity index (χ1v) is 9.70. The molecule has 0 atom stereocenters. The lowest BCUT2D eigenvalue weighted by Gasteiger charge is -2.10. The summed E-state index contributed by atoms with van der Waals surface area (Å²) < 4.78 is 29.0. The summed E-state index contributed by atoms with van der Waals surface area (Å²) >= 11 is 4.97. The number of hydrogen-bond donors (Lipinski definition) is 2. The molecule has 0 radical (unpaired) electrons. The molecule has 0 saturated carbocycles. The number of primary sulfonamides is 1. The summed E-state index contributed by atoms with van der Waals surface area (Å²) in [4.78, 5) is 13.3. The number of carbonyl (C=O) groups excluding carboxylic acids is 1. The fourth-order valence-corrected chi connectivity index (χ4v) is 3.94. The van der Waals surface area contributed by atoms with Gasteiger partial charge in [0, 0.05) is 11.4 Å². The van der Waals surface area contributed by atoms with Crippen LogP contribution in [-0.2, 0) is 16.4 Å². The third-order valence-electron chi connectivity index (χ3n) is 3.03. The highest BCUT2D eigenvalue weighted by atomic mass is 79.9. The lowest BCUT2D eigenvalue weighted by molar-refractivity contribution is 0.0951. The van der Waals surface area contributed by atoms with Crippen LogP contribution in [0.5, 0.6) is 5.75 Å². The number of amides is 1. The van der Waals surface area contributed by atoms with Gasteiger partial charge in [-0.15, -0.1) is 11.3 Å². The first-order valence-electron chi connectivity index (χ1n) is 6.54. The highest BCUT2D eigenvalue weighted by Crippen LogP contribution is 2.23. The number of rotatable bonds is 6. The largest absolute Gasteiger partial charge is 0.496 e. The minimum atomic E-state index is -3.88. The molecule has 2 aromatic rings. The molecule has 0 aliphatic rings. The van der Waals surface area contributed by atoms with Crippen molar-refractivity contribution in [1.29, 1.82) is 0 Å². The van der Waals surface area contributed by atoms with Gasteiger partial charge in [-0.25, -0.2) is 13.6 Å². The summed E-state index contributed by atoms with van der Waals surface area (Å²) in [6, 6.07) is 7.84. The number of sulfonamides is 1. The van der Waals surface area contributed by atoms with Gasteiger partial charge in [-0.05, 0) is 52.7 Å². The summed E-state index contributed by atoms with van der Waals surface area (Å²) in [6.45, 7) is 0.425. The fourth-order valence-electron chi connectivity index (χ4n) is 1.92. The van der Waals surface area contributed by atoms with Crippen molar-refractivity contribution in [3.8, 4) is 5.75 Å². The van der Waals surface area contributed by atoms with E-state index in [2.05, 4.69) is 21.2 Å². The van der Waals surface area contributed by atoms with E-state index in [-0.39, 0.29) is 16.2 Å². The van der Waals surface area contributed by atoms with Crippen LogP contribution in [-0.4, -0.2) is 28.0 Å². The highest BCUT2D eigenvalue weighted by molar-refractivity contribution is 9.11. The Morgan fingerprint density at radius 3 is 2.65 bits per heavy atom. The Hall–Kier alpha value is -1.42. The number of hydrogen-bond acceptors (Lipinski definition) is 5. The standard InChI is InChI=1S/C14H15BrN2O4S2/c1-21-12-4-3-10(23(16,19)20)8-11(12)14(18)17-7-6-9-2-5-13(15)22-9/h2-5,8H,6-7H2,1H3,(H,17,18)(H2,16,19,20). The number of thiophene rings is 1. The van der Waals surface area contributed by atoms with Gasteiger partial charge in [0.05, 0.1) is 21.4 Å². The fraction of sp³-hybridized carbons (Fsp3) is 0.214. The minimum Gasteiger partial charge on any atom is -0.496 e. The molecular weight excluding hydrogens is 404 g/mol. The molecule has 0 aliphatic heterocycles. The molecule has 9 heteroatoms. The number of methoxy groups -OCH3 is 1. The molecule has 6 nitrogen and oxygen atoms in total. The van der Waals surface area contributed by atoms with Gasteiger partial charge in [0.1, 0.15) is 5.75 Å². The normalized spacial score (nSPS) is 11.3. The molecule has 1 aromatic carbocycles. The summed E-state index contributed by atoms with van der Waals surface area (Å²) in [7, 11) is -2.48. The van der Waals surface area contributed by atoms with Crippen LogP contribution in [0.1, 0.15) is 15.2 Å². The van der Waals surface area contributed by atoms with Crippen LogP contribution < -0.4 is 15.2 Å².